The van der Waals surface area contributed by atoms with Gasteiger partial charge in [-0.25, -0.2) is 4.79 Å². The predicted octanol–water partition coefficient (Wildman–Crippen LogP) is 0.867. The standard InChI is InChI=1S/C8H9NO4S/c1-14-6(7(9)10)4-2-3-5(13-4)8(11)12/h2-3,6H,1H3,(H2,9,10)(H,11,12). The Kier molecular flexibility index (Phi) is 3.19. The van der Waals surface area contributed by atoms with Crippen LogP contribution in [0.25, 0.3) is 0 Å². The van der Waals surface area contributed by atoms with Crippen LogP contribution in [0.4, 0.5) is 0 Å². The van der Waals surface area contributed by atoms with E-state index in [1.54, 1.807) is 6.26 Å². The number of carbonyl (C=O) groups excluding carboxylic acids is 1. The third-order valence-electron chi connectivity index (χ3n) is 1.59. The van der Waals surface area contributed by atoms with Gasteiger partial charge >= 0.3 is 5.97 Å². The first-order valence-electron chi connectivity index (χ1n) is 3.71. The summed E-state index contributed by atoms with van der Waals surface area (Å²) in [7, 11) is 0. The fraction of sp³-hybridized carbons (Fsp3) is 0.250. The fourth-order valence-corrected chi connectivity index (χ4v) is 1.57. The molecule has 6 heteroatoms. The van der Waals surface area contributed by atoms with Crippen LogP contribution in [-0.2, 0) is 4.79 Å². The number of aromatic carboxylic acids is 1. The number of carboxylic acid groups (broad SMARTS) is 1. The summed E-state index contributed by atoms with van der Waals surface area (Å²) in [6.07, 6.45) is 1.69. The first kappa shape index (κ1) is 10.6. The highest BCUT2D eigenvalue weighted by molar-refractivity contribution is 7.99. The lowest BCUT2D eigenvalue weighted by molar-refractivity contribution is -0.117. The molecule has 1 rings (SSSR count). The molecule has 0 spiro atoms. The number of primary amides is 1. The summed E-state index contributed by atoms with van der Waals surface area (Å²) in [5.74, 6) is -1.65. The Labute approximate surface area is 84.3 Å². The van der Waals surface area contributed by atoms with Crippen LogP contribution in [0.2, 0.25) is 0 Å². The van der Waals surface area contributed by atoms with E-state index in [0.29, 0.717) is 0 Å². The molecule has 1 aromatic rings. The molecule has 0 bridgehead atoms. The van der Waals surface area contributed by atoms with Crippen LogP contribution in [0, 0.1) is 0 Å². The predicted molar refractivity (Wildman–Crippen MR) is 51.1 cm³/mol. The Bertz CT molecular complexity index is 360. The van der Waals surface area contributed by atoms with Crippen molar-refractivity contribution < 1.29 is 19.1 Å². The summed E-state index contributed by atoms with van der Waals surface area (Å²) in [5.41, 5.74) is 5.10. The average molecular weight is 215 g/mol. The van der Waals surface area contributed by atoms with Crippen LogP contribution in [0.1, 0.15) is 21.6 Å². The third-order valence-corrected chi connectivity index (χ3v) is 2.53. The number of hydrogen-bond donors (Lipinski definition) is 2. The fourth-order valence-electron chi connectivity index (χ4n) is 0.981. The first-order valence-corrected chi connectivity index (χ1v) is 5.00. The maximum absolute atomic E-state index is 10.9. The molecule has 0 fully saturated rings. The van der Waals surface area contributed by atoms with Gasteiger partial charge in [-0.15, -0.1) is 11.8 Å². The number of amides is 1. The van der Waals surface area contributed by atoms with E-state index in [-0.39, 0.29) is 11.5 Å². The number of furan rings is 1. The van der Waals surface area contributed by atoms with Crippen molar-refractivity contribution in [2.24, 2.45) is 5.73 Å². The molecule has 0 aromatic carbocycles. The maximum Gasteiger partial charge on any atom is 0.371 e. The topological polar surface area (TPSA) is 93.5 Å². The Hall–Kier alpha value is -1.43. The number of thioether (sulfide) groups is 1. The molecule has 1 unspecified atom stereocenters. The molecular formula is C8H9NO4S. The maximum atomic E-state index is 10.9. The monoisotopic (exact) mass is 215 g/mol. The van der Waals surface area contributed by atoms with Crippen LogP contribution < -0.4 is 5.73 Å². The molecule has 1 amide bonds. The van der Waals surface area contributed by atoms with E-state index in [1.165, 1.54) is 23.9 Å². The largest absolute Gasteiger partial charge is 0.475 e. The molecule has 0 radical (unpaired) electrons. The lowest BCUT2D eigenvalue weighted by Crippen LogP contribution is -2.18. The molecule has 76 valence electrons. The molecule has 1 atom stereocenters. The molecule has 3 N–H and O–H groups in total. The molecule has 1 aromatic heterocycles. The van der Waals surface area contributed by atoms with Gasteiger partial charge in [0.25, 0.3) is 0 Å². The lowest BCUT2D eigenvalue weighted by Gasteiger charge is -2.05. The van der Waals surface area contributed by atoms with Crippen LogP contribution in [0.3, 0.4) is 0 Å². The van der Waals surface area contributed by atoms with Crippen molar-refractivity contribution in [2.75, 3.05) is 6.26 Å². The number of rotatable bonds is 4. The van der Waals surface area contributed by atoms with Crippen LogP contribution >= 0.6 is 11.8 Å². The number of hydrogen-bond acceptors (Lipinski definition) is 4. The van der Waals surface area contributed by atoms with Crippen molar-refractivity contribution in [2.45, 2.75) is 5.25 Å². The molecule has 0 aliphatic rings. The van der Waals surface area contributed by atoms with E-state index in [4.69, 9.17) is 15.3 Å². The van der Waals surface area contributed by atoms with Crippen molar-refractivity contribution >= 4 is 23.6 Å². The average Bonchev–Trinajstić information content (AvgIpc) is 2.53. The second-order valence-electron chi connectivity index (χ2n) is 2.53. The van der Waals surface area contributed by atoms with Gasteiger partial charge in [-0.3, -0.25) is 4.79 Å². The second kappa shape index (κ2) is 4.19. The Morgan fingerprint density at radius 2 is 2.21 bits per heavy atom. The van der Waals surface area contributed by atoms with Crippen LogP contribution in [-0.4, -0.2) is 23.2 Å². The van der Waals surface area contributed by atoms with E-state index >= 15 is 0 Å². The zero-order chi connectivity index (χ0) is 10.7. The van der Waals surface area contributed by atoms with Gasteiger partial charge in [-0.05, 0) is 18.4 Å². The van der Waals surface area contributed by atoms with Crippen molar-refractivity contribution in [3.05, 3.63) is 23.7 Å². The number of carbonyl (C=O) groups is 2. The van der Waals surface area contributed by atoms with Gasteiger partial charge in [0.15, 0.2) is 0 Å². The van der Waals surface area contributed by atoms with Crippen molar-refractivity contribution in [1.29, 1.82) is 0 Å². The molecule has 0 aliphatic heterocycles. The number of carboxylic acids is 1. The highest BCUT2D eigenvalue weighted by atomic mass is 32.2. The summed E-state index contributed by atoms with van der Waals surface area (Å²) in [4.78, 5) is 21.4. The minimum absolute atomic E-state index is 0.194. The van der Waals surface area contributed by atoms with E-state index in [9.17, 15) is 9.59 Å². The van der Waals surface area contributed by atoms with Gasteiger partial charge < -0.3 is 15.3 Å². The van der Waals surface area contributed by atoms with Gasteiger partial charge in [0.1, 0.15) is 11.0 Å². The SMILES string of the molecule is CSC(C(N)=O)c1ccc(C(=O)O)o1. The summed E-state index contributed by atoms with van der Waals surface area (Å²) in [5, 5.41) is 7.94. The lowest BCUT2D eigenvalue weighted by atomic mass is 10.3. The number of nitrogens with two attached hydrogens (primary N) is 1. The minimum Gasteiger partial charge on any atom is -0.475 e. The van der Waals surface area contributed by atoms with Gasteiger partial charge in [0, 0.05) is 0 Å². The van der Waals surface area contributed by atoms with E-state index in [0.717, 1.165) is 0 Å². The highest BCUT2D eigenvalue weighted by Gasteiger charge is 2.21. The van der Waals surface area contributed by atoms with E-state index < -0.39 is 17.1 Å². The molecule has 1 heterocycles. The van der Waals surface area contributed by atoms with Gasteiger partial charge in [-0.2, -0.15) is 0 Å². The molecular weight excluding hydrogens is 206 g/mol. The van der Waals surface area contributed by atoms with Crippen molar-refractivity contribution in [3.8, 4) is 0 Å². The normalized spacial score (nSPS) is 12.4. The molecule has 0 aliphatic carbocycles. The zero-order valence-corrected chi connectivity index (χ0v) is 8.21. The highest BCUT2D eigenvalue weighted by Crippen LogP contribution is 2.27. The molecule has 5 nitrogen and oxygen atoms in total. The Morgan fingerprint density at radius 3 is 2.57 bits per heavy atom. The third kappa shape index (κ3) is 2.08. The second-order valence-corrected chi connectivity index (χ2v) is 3.47. The van der Waals surface area contributed by atoms with Crippen LogP contribution in [0.5, 0.6) is 0 Å². The smallest absolute Gasteiger partial charge is 0.371 e. The van der Waals surface area contributed by atoms with E-state index in [1.807, 2.05) is 0 Å². The summed E-state index contributed by atoms with van der Waals surface area (Å²) >= 11 is 1.19. The van der Waals surface area contributed by atoms with Crippen LogP contribution in [0.15, 0.2) is 16.5 Å². The minimum atomic E-state index is -1.17. The first-order chi connectivity index (χ1) is 6.56. The van der Waals surface area contributed by atoms with Gasteiger partial charge in [-0.1, -0.05) is 0 Å². The molecule has 14 heavy (non-hydrogen) atoms. The van der Waals surface area contributed by atoms with E-state index in [2.05, 4.69) is 0 Å². The summed E-state index contributed by atoms with van der Waals surface area (Å²) in [6, 6.07) is 2.74. The van der Waals surface area contributed by atoms with Gasteiger partial charge in [0.2, 0.25) is 11.7 Å². The molecule has 0 saturated carbocycles. The molecule has 0 saturated heterocycles. The van der Waals surface area contributed by atoms with Crippen molar-refractivity contribution in [1.82, 2.24) is 0 Å². The summed E-state index contributed by atoms with van der Waals surface area (Å²) < 4.78 is 4.94. The Balaban J connectivity index is 2.95. The Morgan fingerprint density at radius 1 is 1.57 bits per heavy atom. The van der Waals surface area contributed by atoms with Gasteiger partial charge in [0.05, 0.1) is 0 Å². The summed E-state index contributed by atoms with van der Waals surface area (Å²) in [6.45, 7) is 0. The quantitative estimate of drug-likeness (QED) is 0.777. The van der Waals surface area contributed by atoms with Crippen molar-refractivity contribution in [3.63, 3.8) is 0 Å². The zero-order valence-electron chi connectivity index (χ0n) is 7.39.